The number of anilines is 1. The molecule has 0 bridgehead atoms. The highest BCUT2D eigenvalue weighted by Crippen LogP contribution is 2.31. The number of hydrogen-bond donors (Lipinski definition) is 3. The molecule has 2 aromatic heterocycles. The molecule has 4 heterocycles. The lowest BCUT2D eigenvalue weighted by Crippen LogP contribution is -2.42. The number of rotatable bonds is 10. The topological polar surface area (TPSA) is 132 Å². The monoisotopic (exact) mass is 653 g/mol. The van der Waals surface area contributed by atoms with Crippen LogP contribution in [0.2, 0.25) is 0 Å². The van der Waals surface area contributed by atoms with Crippen LogP contribution in [0.3, 0.4) is 0 Å². The van der Waals surface area contributed by atoms with Crippen molar-refractivity contribution in [2.24, 2.45) is 7.05 Å². The first-order valence-electron chi connectivity index (χ1n) is 16.4. The molecule has 12 nitrogen and oxygen atoms in total. The Hall–Kier alpha value is -4.78. The molecule has 4 aromatic rings. The maximum atomic E-state index is 13.8. The number of benzene rings is 2. The average Bonchev–Trinajstić information content (AvgIpc) is 3.66. The van der Waals surface area contributed by atoms with E-state index in [1.807, 2.05) is 55.5 Å². The third-order valence-corrected chi connectivity index (χ3v) is 9.16. The third-order valence-electron chi connectivity index (χ3n) is 9.16. The smallest absolute Gasteiger partial charge is 0.320 e. The molecule has 252 valence electrons. The SMILES string of the molecule is COCCN1C[C@@H](NC(=O)Nc2c(C)c(-c3cc(C(=O)NC4CCOCC4)c(=O)n(C)c3)nn2-c2ccccc2)[C@H](c2ccccc2)C1. The highest BCUT2D eigenvalue weighted by atomic mass is 16.5. The van der Waals surface area contributed by atoms with E-state index in [4.69, 9.17) is 14.6 Å². The van der Waals surface area contributed by atoms with Crippen molar-refractivity contribution in [3.8, 4) is 16.9 Å². The van der Waals surface area contributed by atoms with Crippen LogP contribution in [0, 0.1) is 6.92 Å². The maximum Gasteiger partial charge on any atom is 0.320 e. The van der Waals surface area contributed by atoms with Crippen molar-refractivity contribution < 1.29 is 19.1 Å². The Kier molecular flexibility index (Phi) is 10.3. The van der Waals surface area contributed by atoms with Crippen molar-refractivity contribution in [2.75, 3.05) is 51.9 Å². The largest absolute Gasteiger partial charge is 0.383 e. The average molecular weight is 654 g/mol. The molecular weight excluding hydrogens is 610 g/mol. The summed E-state index contributed by atoms with van der Waals surface area (Å²) < 4.78 is 13.8. The van der Waals surface area contributed by atoms with Gasteiger partial charge in [-0.05, 0) is 43.5 Å². The first-order valence-corrected chi connectivity index (χ1v) is 16.4. The number of amides is 3. The number of likely N-dealkylation sites (tertiary alicyclic amines) is 1. The molecule has 3 N–H and O–H groups in total. The Morgan fingerprint density at radius 3 is 2.42 bits per heavy atom. The fourth-order valence-electron chi connectivity index (χ4n) is 6.57. The van der Waals surface area contributed by atoms with Crippen molar-refractivity contribution in [3.63, 3.8) is 0 Å². The van der Waals surface area contributed by atoms with E-state index >= 15 is 0 Å². The highest BCUT2D eigenvalue weighted by molar-refractivity contribution is 5.96. The number of aromatic nitrogens is 3. The molecule has 2 aliphatic heterocycles. The van der Waals surface area contributed by atoms with Gasteiger partial charge in [0.1, 0.15) is 11.4 Å². The molecule has 0 spiro atoms. The number of urea groups is 1. The van der Waals surface area contributed by atoms with Crippen LogP contribution in [0.15, 0.2) is 77.7 Å². The van der Waals surface area contributed by atoms with Crippen molar-refractivity contribution >= 4 is 17.8 Å². The Morgan fingerprint density at radius 2 is 1.71 bits per heavy atom. The van der Waals surface area contributed by atoms with Crippen LogP contribution in [0.25, 0.3) is 16.9 Å². The third kappa shape index (κ3) is 7.35. The van der Waals surface area contributed by atoms with Crippen molar-refractivity contribution in [1.82, 2.24) is 29.9 Å². The van der Waals surface area contributed by atoms with Crippen LogP contribution in [-0.4, -0.2) is 89.8 Å². The number of methoxy groups -OCH3 is 1. The number of hydrogen-bond acceptors (Lipinski definition) is 7. The molecule has 12 heteroatoms. The number of carbonyl (C=O) groups is 2. The van der Waals surface area contributed by atoms with Crippen molar-refractivity contribution in [3.05, 3.63) is 100.0 Å². The number of carbonyl (C=O) groups excluding carboxylic acids is 2. The molecule has 2 atom stereocenters. The van der Waals surface area contributed by atoms with Crippen molar-refractivity contribution in [1.29, 1.82) is 0 Å². The first kappa shape index (κ1) is 33.1. The van der Waals surface area contributed by atoms with E-state index in [9.17, 15) is 14.4 Å². The molecule has 0 aliphatic carbocycles. The summed E-state index contributed by atoms with van der Waals surface area (Å²) in [5.41, 5.74) is 3.37. The second-order valence-corrected chi connectivity index (χ2v) is 12.5. The minimum Gasteiger partial charge on any atom is -0.383 e. The lowest BCUT2D eigenvalue weighted by atomic mass is 9.94. The second kappa shape index (κ2) is 15.0. The number of aryl methyl sites for hydroxylation is 1. The fourth-order valence-corrected chi connectivity index (χ4v) is 6.57. The normalized spacial score (nSPS) is 18.5. The number of para-hydroxylation sites is 1. The Morgan fingerprint density at radius 1 is 1.00 bits per heavy atom. The van der Waals surface area contributed by atoms with Crippen LogP contribution in [-0.2, 0) is 16.5 Å². The van der Waals surface area contributed by atoms with Gasteiger partial charge in [0.25, 0.3) is 11.5 Å². The lowest BCUT2D eigenvalue weighted by molar-refractivity contribution is 0.0695. The van der Waals surface area contributed by atoms with Gasteiger partial charge in [0.05, 0.1) is 24.0 Å². The number of nitrogens with one attached hydrogen (secondary N) is 3. The zero-order chi connectivity index (χ0) is 33.6. The summed E-state index contributed by atoms with van der Waals surface area (Å²) in [5, 5.41) is 14.2. The summed E-state index contributed by atoms with van der Waals surface area (Å²) in [6, 6.07) is 20.8. The predicted molar refractivity (Wildman–Crippen MR) is 184 cm³/mol. The van der Waals surface area contributed by atoms with E-state index in [0.717, 1.165) is 18.8 Å². The molecule has 0 radical (unpaired) electrons. The Balaban J connectivity index is 1.30. The number of nitrogens with zero attached hydrogens (tertiary/aromatic N) is 4. The summed E-state index contributed by atoms with van der Waals surface area (Å²) in [5.74, 6) is 0.174. The van der Waals surface area contributed by atoms with E-state index < -0.39 is 11.5 Å². The molecule has 2 saturated heterocycles. The lowest BCUT2D eigenvalue weighted by Gasteiger charge is -2.23. The zero-order valence-corrected chi connectivity index (χ0v) is 27.6. The van der Waals surface area contributed by atoms with Crippen LogP contribution < -0.4 is 21.5 Å². The van der Waals surface area contributed by atoms with Gasteiger partial charge < -0.3 is 24.7 Å². The molecule has 0 unspecified atom stereocenters. The van der Waals surface area contributed by atoms with Gasteiger partial charge in [0.15, 0.2) is 0 Å². The highest BCUT2D eigenvalue weighted by Gasteiger charge is 2.35. The predicted octanol–water partition coefficient (Wildman–Crippen LogP) is 3.69. The quantitative estimate of drug-likeness (QED) is 0.238. The molecular formula is C36H43N7O5. The van der Waals surface area contributed by atoms with Crippen LogP contribution in [0.5, 0.6) is 0 Å². The summed E-state index contributed by atoms with van der Waals surface area (Å²) in [7, 11) is 3.31. The molecule has 3 amide bonds. The van der Waals surface area contributed by atoms with Gasteiger partial charge in [-0.3, -0.25) is 19.8 Å². The van der Waals surface area contributed by atoms with Gasteiger partial charge in [0, 0.05) is 76.3 Å². The zero-order valence-electron chi connectivity index (χ0n) is 27.6. The molecule has 0 saturated carbocycles. The molecule has 2 aliphatic rings. The summed E-state index contributed by atoms with van der Waals surface area (Å²) in [6.45, 7) is 5.90. The maximum absolute atomic E-state index is 13.8. The summed E-state index contributed by atoms with van der Waals surface area (Å²) in [6.07, 6.45) is 3.06. The number of pyridine rings is 1. The fraction of sp³-hybridized carbons (Fsp3) is 0.389. The molecule has 2 fully saturated rings. The van der Waals surface area contributed by atoms with Gasteiger partial charge in [-0.25, -0.2) is 9.48 Å². The minimum atomic E-state index is -0.425. The van der Waals surface area contributed by atoms with Gasteiger partial charge in [-0.15, -0.1) is 0 Å². The first-order chi connectivity index (χ1) is 23.3. The second-order valence-electron chi connectivity index (χ2n) is 12.5. The van der Waals surface area contributed by atoms with Gasteiger partial charge >= 0.3 is 6.03 Å². The van der Waals surface area contributed by atoms with E-state index in [-0.39, 0.29) is 29.6 Å². The molecule has 48 heavy (non-hydrogen) atoms. The standard InChI is InChI=1S/C36H43N7O5/c1-24-32(26-20-29(35(45)41(2)21-26)34(44)37-27-14-17-48-18-15-27)40-43(28-12-8-5-9-13-28)33(24)39-36(46)38-31-23-42(16-19-47-3)22-30(31)25-10-6-4-7-11-25/h4-13,20-21,27,30-31H,14-19,22-23H2,1-3H3,(H,37,44)(H2,38,39,46)/t30-,31+/m0/s1. The number of ether oxygens (including phenoxy) is 2. The van der Waals surface area contributed by atoms with Crippen LogP contribution in [0.1, 0.15) is 40.2 Å². The van der Waals surface area contributed by atoms with Crippen molar-refractivity contribution in [2.45, 2.75) is 37.8 Å². The minimum absolute atomic E-state index is 0.0358. The van der Waals surface area contributed by atoms with E-state index in [1.165, 1.54) is 10.1 Å². The summed E-state index contributed by atoms with van der Waals surface area (Å²) in [4.78, 5) is 42.5. The Labute approximate surface area is 280 Å². The summed E-state index contributed by atoms with van der Waals surface area (Å²) >= 11 is 0. The van der Waals surface area contributed by atoms with Crippen LogP contribution >= 0.6 is 0 Å². The van der Waals surface area contributed by atoms with Crippen LogP contribution in [0.4, 0.5) is 10.6 Å². The van der Waals surface area contributed by atoms with E-state index in [1.54, 1.807) is 31.1 Å². The van der Waals surface area contributed by atoms with Gasteiger partial charge in [-0.1, -0.05) is 48.5 Å². The molecule has 6 rings (SSSR count). The van der Waals surface area contributed by atoms with Gasteiger partial charge in [0.2, 0.25) is 0 Å². The van der Waals surface area contributed by atoms with E-state index in [0.29, 0.717) is 61.8 Å². The molecule has 2 aromatic carbocycles. The van der Waals surface area contributed by atoms with Gasteiger partial charge in [-0.2, -0.15) is 5.10 Å². The van der Waals surface area contributed by atoms with E-state index in [2.05, 4.69) is 33.0 Å². The Bertz CT molecular complexity index is 1780.